The molecule has 0 atom stereocenters. The number of nitrogens with two attached hydrogens (primary N) is 1. The predicted molar refractivity (Wildman–Crippen MR) is 60.5 cm³/mol. The minimum atomic E-state index is -0.393. The van der Waals surface area contributed by atoms with Crippen molar-refractivity contribution in [3.63, 3.8) is 0 Å². The predicted octanol–water partition coefficient (Wildman–Crippen LogP) is 0.546. The van der Waals surface area contributed by atoms with E-state index >= 15 is 0 Å². The van der Waals surface area contributed by atoms with Crippen molar-refractivity contribution in [2.45, 2.75) is 25.9 Å². The first-order valence-electron chi connectivity index (χ1n) is 4.97. The van der Waals surface area contributed by atoms with Crippen LogP contribution in [0.25, 0.3) is 0 Å². The molecular formula is C10H17N3O3. The first-order chi connectivity index (χ1) is 7.46. The zero-order valence-electron chi connectivity index (χ0n) is 9.74. The van der Waals surface area contributed by atoms with Gasteiger partial charge in [-0.1, -0.05) is 0 Å². The fourth-order valence-electron chi connectivity index (χ4n) is 1.00. The second-order valence-electron chi connectivity index (χ2n) is 4.01. The number of nitrogen functional groups attached to an aromatic ring is 1. The van der Waals surface area contributed by atoms with E-state index in [-0.39, 0.29) is 17.2 Å². The van der Waals surface area contributed by atoms with Crippen molar-refractivity contribution in [3.05, 3.63) is 16.7 Å². The number of aromatic nitrogens is 2. The molecule has 0 aromatic carbocycles. The Morgan fingerprint density at radius 1 is 1.56 bits per heavy atom. The van der Waals surface area contributed by atoms with Crippen LogP contribution in [-0.4, -0.2) is 29.3 Å². The zero-order chi connectivity index (χ0) is 12.2. The van der Waals surface area contributed by atoms with Gasteiger partial charge in [0.1, 0.15) is 0 Å². The molecule has 1 heterocycles. The van der Waals surface area contributed by atoms with Crippen LogP contribution in [-0.2, 0) is 4.74 Å². The van der Waals surface area contributed by atoms with E-state index in [1.54, 1.807) is 7.11 Å². The van der Waals surface area contributed by atoms with E-state index in [1.807, 2.05) is 13.8 Å². The molecular weight excluding hydrogens is 210 g/mol. The molecule has 0 unspecified atom stereocenters. The van der Waals surface area contributed by atoms with Gasteiger partial charge in [0.05, 0.1) is 18.5 Å². The van der Waals surface area contributed by atoms with E-state index in [0.29, 0.717) is 13.0 Å². The molecule has 1 aromatic heterocycles. The molecule has 0 fully saturated rings. The molecule has 0 spiro atoms. The minimum absolute atomic E-state index is 0.00211. The van der Waals surface area contributed by atoms with Crippen molar-refractivity contribution in [3.8, 4) is 5.88 Å². The van der Waals surface area contributed by atoms with Gasteiger partial charge in [-0.2, -0.15) is 0 Å². The Bertz CT molecular complexity index is 401. The van der Waals surface area contributed by atoms with Crippen LogP contribution in [0, 0.1) is 0 Å². The van der Waals surface area contributed by atoms with Crippen LogP contribution in [0.5, 0.6) is 5.88 Å². The molecule has 6 heteroatoms. The molecule has 16 heavy (non-hydrogen) atoms. The Balaban J connectivity index is 2.56. The van der Waals surface area contributed by atoms with E-state index in [9.17, 15) is 4.79 Å². The van der Waals surface area contributed by atoms with Crippen molar-refractivity contribution >= 4 is 5.69 Å². The quantitative estimate of drug-likeness (QED) is 0.766. The number of rotatable bonds is 5. The summed E-state index contributed by atoms with van der Waals surface area (Å²) in [7, 11) is 1.64. The number of methoxy groups -OCH3 is 1. The third-order valence-corrected chi connectivity index (χ3v) is 2.35. The van der Waals surface area contributed by atoms with Crippen molar-refractivity contribution in [1.82, 2.24) is 9.97 Å². The molecule has 0 aliphatic carbocycles. The van der Waals surface area contributed by atoms with Gasteiger partial charge in [-0.25, -0.2) is 4.98 Å². The summed E-state index contributed by atoms with van der Waals surface area (Å²) in [6.45, 7) is 4.29. The summed E-state index contributed by atoms with van der Waals surface area (Å²) in [6.07, 6.45) is 1.94. The molecule has 0 bridgehead atoms. The van der Waals surface area contributed by atoms with Crippen LogP contribution in [0.3, 0.4) is 0 Å². The second-order valence-corrected chi connectivity index (χ2v) is 4.01. The fraction of sp³-hybridized carbons (Fsp3) is 0.600. The van der Waals surface area contributed by atoms with Gasteiger partial charge in [-0.15, -0.1) is 0 Å². The van der Waals surface area contributed by atoms with Crippen LogP contribution in [0.1, 0.15) is 20.3 Å². The number of ether oxygens (including phenoxy) is 2. The van der Waals surface area contributed by atoms with Crippen LogP contribution in [0.4, 0.5) is 5.69 Å². The lowest BCUT2D eigenvalue weighted by Gasteiger charge is -2.22. The van der Waals surface area contributed by atoms with E-state index < -0.39 is 5.56 Å². The Kier molecular flexibility index (Phi) is 3.89. The van der Waals surface area contributed by atoms with Crippen molar-refractivity contribution in [1.29, 1.82) is 0 Å². The zero-order valence-corrected chi connectivity index (χ0v) is 9.74. The average molecular weight is 227 g/mol. The number of aromatic amines is 1. The van der Waals surface area contributed by atoms with Gasteiger partial charge in [0.2, 0.25) is 5.88 Å². The summed E-state index contributed by atoms with van der Waals surface area (Å²) in [6, 6.07) is 0. The lowest BCUT2D eigenvalue weighted by Crippen LogP contribution is -2.25. The molecule has 0 aliphatic heterocycles. The summed E-state index contributed by atoms with van der Waals surface area (Å²) in [5.41, 5.74) is 4.84. The Labute approximate surface area is 93.8 Å². The van der Waals surface area contributed by atoms with Gasteiger partial charge in [0, 0.05) is 13.5 Å². The van der Waals surface area contributed by atoms with Crippen LogP contribution in [0.2, 0.25) is 0 Å². The number of nitrogens with one attached hydrogen (secondary N) is 1. The molecule has 6 nitrogen and oxygen atoms in total. The van der Waals surface area contributed by atoms with Gasteiger partial charge >= 0.3 is 0 Å². The standard InChI is InChI=1S/C10H17N3O3/c1-10(2,15-3)4-5-16-9-7(11)8(14)12-6-13-9/h6H,4-5,11H2,1-3H3,(H,12,13,14). The summed E-state index contributed by atoms with van der Waals surface area (Å²) in [4.78, 5) is 17.3. The third kappa shape index (κ3) is 3.23. The third-order valence-electron chi connectivity index (χ3n) is 2.35. The van der Waals surface area contributed by atoms with E-state index in [0.717, 1.165) is 0 Å². The van der Waals surface area contributed by atoms with Gasteiger partial charge in [0.15, 0.2) is 5.69 Å². The lowest BCUT2D eigenvalue weighted by atomic mass is 10.1. The Morgan fingerprint density at radius 2 is 2.25 bits per heavy atom. The highest BCUT2D eigenvalue weighted by Crippen LogP contribution is 2.15. The van der Waals surface area contributed by atoms with Crippen LogP contribution in [0.15, 0.2) is 11.1 Å². The molecule has 0 amide bonds. The van der Waals surface area contributed by atoms with Crippen molar-refractivity contribution in [2.24, 2.45) is 0 Å². The Morgan fingerprint density at radius 3 is 2.88 bits per heavy atom. The highest BCUT2D eigenvalue weighted by Gasteiger charge is 2.16. The van der Waals surface area contributed by atoms with Gasteiger partial charge < -0.3 is 20.2 Å². The first-order valence-corrected chi connectivity index (χ1v) is 4.97. The number of anilines is 1. The normalized spacial score (nSPS) is 11.4. The summed E-state index contributed by atoms with van der Waals surface area (Å²) >= 11 is 0. The molecule has 0 saturated carbocycles. The largest absolute Gasteiger partial charge is 0.476 e. The topological polar surface area (TPSA) is 90.2 Å². The highest BCUT2D eigenvalue weighted by atomic mass is 16.5. The summed E-state index contributed by atoms with van der Waals surface area (Å²) < 4.78 is 10.5. The smallest absolute Gasteiger partial charge is 0.277 e. The molecule has 1 aromatic rings. The number of H-pyrrole nitrogens is 1. The van der Waals surface area contributed by atoms with E-state index in [4.69, 9.17) is 15.2 Å². The Hall–Kier alpha value is -1.56. The second kappa shape index (κ2) is 4.98. The molecule has 90 valence electrons. The van der Waals surface area contributed by atoms with Crippen molar-refractivity contribution < 1.29 is 9.47 Å². The van der Waals surface area contributed by atoms with Crippen LogP contribution >= 0.6 is 0 Å². The first kappa shape index (κ1) is 12.5. The van der Waals surface area contributed by atoms with Gasteiger partial charge in [-0.05, 0) is 13.8 Å². The van der Waals surface area contributed by atoms with Gasteiger partial charge in [0.25, 0.3) is 5.56 Å². The molecule has 1 rings (SSSR count). The number of nitrogens with zero attached hydrogens (tertiary/aromatic N) is 1. The average Bonchev–Trinajstić information content (AvgIpc) is 2.24. The van der Waals surface area contributed by atoms with Crippen molar-refractivity contribution in [2.75, 3.05) is 19.5 Å². The molecule has 0 saturated heterocycles. The maximum atomic E-state index is 11.1. The maximum absolute atomic E-state index is 11.1. The summed E-state index contributed by atoms with van der Waals surface area (Å²) in [5.74, 6) is 0.163. The molecule has 3 N–H and O–H groups in total. The minimum Gasteiger partial charge on any atom is -0.476 e. The SMILES string of the molecule is COC(C)(C)CCOc1nc[nH]c(=O)c1N. The number of hydrogen-bond donors (Lipinski definition) is 2. The summed E-state index contributed by atoms with van der Waals surface area (Å²) in [5, 5.41) is 0. The maximum Gasteiger partial charge on any atom is 0.277 e. The highest BCUT2D eigenvalue weighted by molar-refractivity contribution is 5.44. The van der Waals surface area contributed by atoms with E-state index in [1.165, 1.54) is 6.33 Å². The van der Waals surface area contributed by atoms with E-state index in [2.05, 4.69) is 9.97 Å². The number of hydrogen-bond acceptors (Lipinski definition) is 5. The monoisotopic (exact) mass is 227 g/mol. The molecule has 0 aliphatic rings. The fourth-order valence-corrected chi connectivity index (χ4v) is 1.00. The van der Waals surface area contributed by atoms with Gasteiger partial charge in [-0.3, -0.25) is 4.79 Å². The molecule has 0 radical (unpaired) electrons. The van der Waals surface area contributed by atoms with Crippen LogP contribution < -0.4 is 16.0 Å². The lowest BCUT2D eigenvalue weighted by molar-refractivity contribution is 0.00513.